The van der Waals surface area contributed by atoms with E-state index in [1.165, 1.54) is 35.4 Å². The summed E-state index contributed by atoms with van der Waals surface area (Å²) in [5.41, 5.74) is 7.63. The summed E-state index contributed by atoms with van der Waals surface area (Å²) in [7, 11) is 0. The largest absolute Gasteiger partial charge is 0.477 e. The van der Waals surface area contributed by atoms with Crippen LogP contribution in [0.15, 0.2) is 103 Å². The van der Waals surface area contributed by atoms with Crippen LogP contribution in [0, 0.1) is 40.7 Å². The van der Waals surface area contributed by atoms with Crippen molar-refractivity contribution in [1.82, 2.24) is 31.0 Å². The highest BCUT2D eigenvalue weighted by atomic mass is 19.3. The number of halogens is 13. The molecule has 9 rings (SSSR count). The molecule has 6 aromatic rings. The number of rotatable bonds is 10. The predicted molar refractivity (Wildman–Crippen MR) is 269 cm³/mol. The summed E-state index contributed by atoms with van der Waals surface area (Å²) in [6, 6.07) is 13.7. The second-order valence-electron chi connectivity index (χ2n) is 18.6. The smallest absolute Gasteiger partial charge is 0.374 e. The molecule has 5 aromatic carbocycles. The lowest BCUT2D eigenvalue weighted by Gasteiger charge is -2.30. The van der Waals surface area contributed by atoms with Gasteiger partial charge in [0, 0.05) is 75.3 Å². The van der Waals surface area contributed by atoms with Gasteiger partial charge in [-0.1, -0.05) is 13.8 Å². The third-order valence-electron chi connectivity index (χ3n) is 12.0. The molecule has 3 aliphatic heterocycles. The predicted octanol–water partition coefficient (Wildman–Crippen LogP) is 9.33. The molecule has 3 saturated heterocycles. The van der Waals surface area contributed by atoms with Gasteiger partial charge in [0.05, 0.1) is 47.6 Å². The number of anilines is 1. The highest BCUT2D eigenvalue weighted by Gasteiger charge is 2.46. The normalized spacial score (nSPS) is 19.5. The van der Waals surface area contributed by atoms with Crippen molar-refractivity contribution >= 4 is 52.1 Å². The number of carbonyl (C=O) groups is 6. The number of aliphatic carboxylic acids is 1. The molecule has 1 aromatic heterocycles. The Bertz CT molecular complexity index is 3250. The first kappa shape index (κ1) is 64.3. The van der Waals surface area contributed by atoms with Gasteiger partial charge in [-0.15, -0.1) is 0 Å². The van der Waals surface area contributed by atoms with Gasteiger partial charge in [0.1, 0.15) is 40.7 Å². The second-order valence-corrected chi connectivity index (χ2v) is 18.6. The molecular weight excluding hydrogens is 1120 g/mol. The van der Waals surface area contributed by atoms with Crippen LogP contribution in [0.2, 0.25) is 0 Å². The molecule has 28 heteroatoms. The number of aromatic nitrogens is 2. The molecule has 82 heavy (non-hydrogen) atoms. The van der Waals surface area contributed by atoms with Gasteiger partial charge in [-0.3, -0.25) is 24.0 Å². The minimum atomic E-state index is -3.72. The van der Waals surface area contributed by atoms with Crippen molar-refractivity contribution in [3.63, 3.8) is 0 Å². The molecular formula is C54H51F13N8O7. The van der Waals surface area contributed by atoms with Crippen LogP contribution < -0.4 is 31.9 Å². The average molecular weight is 1170 g/mol. The maximum atomic E-state index is 14.1. The Morgan fingerprint density at radius 3 is 1.41 bits per heavy atom. The number of hydrogen-bond acceptors (Lipinski definition) is 8. The first-order chi connectivity index (χ1) is 38.2. The van der Waals surface area contributed by atoms with E-state index in [0.717, 1.165) is 30.3 Å². The van der Waals surface area contributed by atoms with Crippen molar-refractivity contribution in [3.8, 4) is 5.69 Å². The zero-order valence-corrected chi connectivity index (χ0v) is 43.6. The Hall–Kier alpha value is -8.56. The average Bonchev–Trinajstić information content (AvgIpc) is 4.28. The van der Waals surface area contributed by atoms with E-state index in [1.54, 1.807) is 35.0 Å². The third kappa shape index (κ3) is 16.8. The maximum absolute atomic E-state index is 14.1. The molecule has 0 aliphatic carbocycles. The topological polar surface area (TPSA) is 218 Å². The monoisotopic (exact) mass is 1170 g/mol. The van der Waals surface area contributed by atoms with Gasteiger partial charge in [0.2, 0.25) is 17.7 Å². The van der Waals surface area contributed by atoms with Gasteiger partial charge in [0.25, 0.3) is 11.8 Å². The number of carboxylic acid groups (broad SMARTS) is 1. The Kier molecular flexibility index (Phi) is 20.7. The third-order valence-corrected chi connectivity index (χ3v) is 12.0. The summed E-state index contributed by atoms with van der Waals surface area (Å²) in [6.07, 6.45) is 1.10. The van der Waals surface area contributed by atoms with Crippen LogP contribution in [0.4, 0.5) is 62.8 Å². The van der Waals surface area contributed by atoms with E-state index in [9.17, 15) is 85.8 Å². The molecule has 15 nitrogen and oxygen atoms in total. The molecule has 0 unspecified atom stereocenters. The molecule has 0 saturated carbocycles. The molecule has 3 aliphatic rings. The molecule has 4 heterocycles. The summed E-state index contributed by atoms with van der Waals surface area (Å²) >= 11 is 0. The Balaban J connectivity index is 0.000000230. The molecule has 0 bridgehead atoms. The standard InChI is InChI=1S/C26H19F5N4O2.C13H12F4N2O2.C10H10F2N2O.C3H4F2O2.C2H6/c1-26(30,31)25(37)33-21-12-23(36)34(24(21)14-8-17(28)11-18(29)9-14)20-6-7-22-15(10-20)13-32-35(22)19-4-2-16(27)3-5-19;1-13(16,17)12(21)18-9-5-10(20)19-11(9)6-2-7(14)4-8(15)3-6;11-6-1-5(2-7(12)3-6)10-8(13)4-9(15)14-10;1-3(4,5)2(6)7;1-2/h2-11,13,21,24H,12H2,1H3,(H,33,37);2-4,9,11H,5H2,1H3,(H,18,21)(H,19,20);1-3,8,10H,4,13H2,(H,14,15);1H3,(H,6,7);1-2H3/t21-,24+;9-,11+;8-,10+;;/m000../s1. The first-order valence-electron chi connectivity index (χ1n) is 24.4. The molecule has 3 fully saturated rings. The van der Waals surface area contributed by atoms with Crippen molar-refractivity contribution in [2.45, 2.75) is 108 Å². The quantitative estimate of drug-likeness (QED) is 0.0719. The van der Waals surface area contributed by atoms with Gasteiger partial charge in [0.15, 0.2) is 0 Å². The minimum absolute atomic E-state index is 0.00447. The summed E-state index contributed by atoms with van der Waals surface area (Å²) < 4.78 is 171. The van der Waals surface area contributed by atoms with Crippen LogP contribution in [-0.2, 0) is 28.8 Å². The second kappa shape index (κ2) is 26.4. The van der Waals surface area contributed by atoms with Gasteiger partial charge in [-0.05, 0) is 95.6 Å². The zero-order chi connectivity index (χ0) is 61.3. The van der Waals surface area contributed by atoms with Gasteiger partial charge in [-0.2, -0.15) is 31.4 Å². The fourth-order valence-electron chi connectivity index (χ4n) is 8.46. The number of amides is 5. The molecule has 0 radical (unpaired) electrons. The number of nitrogens with two attached hydrogens (primary N) is 1. The number of benzene rings is 5. The van der Waals surface area contributed by atoms with E-state index >= 15 is 0 Å². The Morgan fingerprint density at radius 2 is 0.976 bits per heavy atom. The number of nitrogens with zero attached hydrogens (tertiary/aromatic N) is 3. The van der Waals surface area contributed by atoms with E-state index in [0.29, 0.717) is 60.7 Å². The highest BCUT2D eigenvalue weighted by Crippen LogP contribution is 2.40. The van der Waals surface area contributed by atoms with Crippen molar-refractivity contribution < 1.29 is 90.9 Å². The van der Waals surface area contributed by atoms with Crippen molar-refractivity contribution in [3.05, 3.63) is 161 Å². The zero-order valence-electron chi connectivity index (χ0n) is 43.6. The fourth-order valence-corrected chi connectivity index (χ4v) is 8.46. The van der Waals surface area contributed by atoms with Crippen molar-refractivity contribution in [1.29, 1.82) is 0 Å². The summed E-state index contributed by atoms with van der Waals surface area (Å²) in [5.74, 6) is -22.7. The number of alkyl halides is 6. The lowest BCUT2D eigenvalue weighted by molar-refractivity contribution is -0.162. The van der Waals surface area contributed by atoms with E-state index < -0.39 is 124 Å². The van der Waals surface area contributed by atoms with E-state index in [1.807, 2.05) is 19.2 Å². The van der Waals surface area contributed by atoms with Gasteiger partial charge >= 0.3 is 23.7 Å². The molecule has 7 N–H and O–H groups in total. The van der Waals surface area contributed by atoms with Crippen LogP contribution in [0.1, 0.15) is 88.7 Å². The summed E-state index contributed by atoms with van der Waals surface area (Å²) in [5, 5.41) is 21.6. The van der Waals surface area contributed by atoms with Gasteiger partial charge < -0.3 is 37.0 Å². The molecule has 440 valence electrons. The number of fused-ring (bicyclic) bond motifs is 1. The van der Waals surface area contributed by atoms with Crippen LogP contribution in [0.5, 0.6) is 0 Å². The fraction of sp³-hybridized carbons (Fsp3) is 0.315. The molecule has 6 atom stereocenters. The lowest BCUT2D eigenvalue weighted by Crippen LogP contribution is -2.46. The highest BCUT2D eigenvalue weighted by molar-refractivity contribution is 6.00. The van der Waals surface area contributed by atoms with Gasteiger partial charge in [-0.25, -0.2) is 40.2 Å². The number of hydrogen-bond donors (Lipinski definition) is 6. The maximum Gasteiger partial charge on any atom is 0.374 e. The Labute approximate surface area is 458 Å². The van der Waals surface area contributed by atoms with Crippen molar-refractivity contribution in [2.24, 2.45) is 5.73 Å². The summed E-state index contributed by atoms with van der Waals surface area (Å²) in [4.78, 5) is 69.4. The molecule has 0 spiro atoms. The SMILES string of the molecule is CC.CC(F)(F)C(=O)N[C@H]1CC(=O)N(c2ccc3c(cnn3-c3ccc(F)cc3)c2)[C@@H]1c1cc(F)cc(F)c1.CC(F)(F)C(=O)N[C@H]1CC(=O)N[C@@H]1c1cc(F)cc(F)c1.CC(F)(F)C(=O)O.N[C@H]1CC(=O)N[C@@H]1c1cc(F)cc(F)c1. The number of carbonyl (C=O) groups excluding carboxylic acids is 5. The van der Waals surface area contributed by atoms with Crippen molar-refractivity contribution in [2.75, 3.05) is 4.90 Å². The molecule has 5 amide bonds. The minimum Gasteiger partial charge on any atom is -0.477 e. The van der Waals surface area contributed by atoms with E-state index in [4.69, 9.17) is 10.8 Å². The van der Waals surface area contributed by atoms with Crippen LogP contribution >= 0.6 is 0 Å². The van der Waals surface area contributed by atoms with Crippen LogP contribution in [0.3, 0.4) is 0 Å². The summed E-state index contributed by atoms with van der Waals surface area (Å²) in [6.45, 7) is 5.17. The number of nitrogens with one attached hydrogen (secondary N) is 4. The van der Waals surface area contributed by atoms with Crippen LogP contribution in [0.25, 0.3) is 16.6 Å². The lowest BCUT2D eigenvalue weighted by atomic mass is 9.98. The Morgan fingerprint density at radius 1 is 0.561 bits per heavy atom. The van der Waals surface area contributed by atoms with E-state index in [2.05, 4.69) is 21.0 Å². The first-order valence-corrected chi connectivity index (χ1v) is 24.4. The van der Waals surface area contributed by atoms with E-state index in [-0.39, 0.29) is 36.3 Å². The van der Waals surface area contributed by atoms with Crippen LogP contribution in [-0.4, -0.2) is 86.3 Å². The number of carboxylic acids is 1.